The van der Waals surface area contributed by atoms with Crippen LogP contribution in [0.25, 0.3) is 0 Å². The van der Waals surface area contributed by atoms with Gasteiger partial charge in [-0.2, -0.15) is 0 Å². The Bertz CT molecular complexity index is 168. The largest absolute Gasteiger partial charge is 0.516 e. The standard InChI is InChI=1S/C7H12N2O2/c10-5-1-3-9-4-2-8-6-7(9)11/h1,5,8,10H,2-4,6H2. The van der Waals surface area contributed by atoms with Crippen molar-refractivity contribution in [1.29, 1.82) is 0 Å². The van der Waals surface area contributed by atoms with E-state index in [4.69, 9.17) is 5.11 Å². The molecule has 1 fully saturated rings. The minimum Gasteiger partial charge on any atom is -0.516 e. The van der Waals surface area contributed by atoms with Gasteiger partial charge in [-0.05, 0) is 6.08 Å². The Hall–Kier alpha value is -1.03. The summed E-state index contributed by atoms with van der Waals surface area (Å²) in [5.74, 6) is 0.0920. The molecule has 0 bridgehead atoms. The summed E-state index contributed by atoms with van der Waals surface area (Å²) >= 11 is 0. The molecule has 0 radical (unpaired) electrons. The van der Waals surface area contributed by atoms with Crippen LogP contribution in [0.3, 0.4) is 0 Å². The van der Waals surface area contributed by atoms with Gasteiger partial charge in [0.25, 0.3) is 0 Å². The number of hydrogen-bond acceptors (Lipinski definition) is 3. The highest BCUT2D eigenvalue weighted by Crippen LogP contribution is 1.93. The number of aliphatic hydroxyl groups is 1. The van der Waals surface area contributed by atoms with E-state index >= 15 is 0 Å². The van der Waals surface area contributed by atoms with E-state index in [2.05, 4.69) is 5.32 Å². The summed E-state index contributed by atoms with van der Waals surface area (Å²) in [7, 11) is 0. The van der Waals surface area contributed by atoms with Crippen LogP contribution in [0.1, 0.15) is 0 Å². The topological polar surface area (TPSA) is 52.6 Å². The van der Waals surface area contributed by atoms with Crippen molar-refractivity contribution in [2.45, 2.75) is 0 Å². The number of carbonyl (C=O) groups is 1. The third-order valence-corrected chi connectivity index (χ3v) is 1.62. The molecule has 1 amide bonds. The van der Waals surface area contributed by atoms with E-state index in [9.17, 15) is 4.79 Å². The molecule has 0 aromatic rings. The van der Waals surface area contributed by atoms with Crippen LogP contribution in [-0.2, 0) is 4.79 Å². The van der Waals surface area contributed by atoms with Crippen molar-refractivity contribution in [1.82, 2.24) is 10.2 Å². The van der Waals surface area contributed by atoms with Crippen molar-refractivity contribution >= 4 is 5.91 Å². The first-order valence-electron chi connectivity index (χ1n) is 3.62. The molecule has 0 spiro atoms. The molecule has 4 nitrogen and oxygen atoms in total. The molecule has 4 heteroatoms. The first-order chi connectivity index (χ1) is 5.34. The Labute approximate surface area is 65.5 Å². The maximum atomic E-state index is 11.0. The van der Waals surface area contributed by atoms with Gasteiger partial charge < -0.3 is 15.3 Å². The first-order valence-corrected chi connectivity index (χ1v) is 3.62. The molecule has 0 aliphatic carbocycles. The van der Waals surface area contributed by atoms with E-state index in [1.165, 1.54) is 0 Å². The molecule has 1 aliphatic rings. The molecule has 0 unspecified atom stereocenters. The molecule has 62 valence electrons. The van der Waals surface area contributed by atoms with Crippen molar-refractivity contribution < 1.29 is 9.90 Å². The molecular weight excluding hydrogens is 144 g/mol. The van der Waals surface area contributed by atoms with Crippen LogP contribution in [0.2, 0.25) is 0 Å². The van der Waals surface area contributed by atoms with Crippen LogP contribution >= 0.6 is 0 Å². The van der Waals surface area contributed by atoms with Crippen molar-refractivity contribution in [3.05, 3.63) is 12.3 Å². The Morgan fingerprint density at radius 3 is 3.18 bits per heavy atom. The second-order valence-electron chi connectivity index (χ2n) is 2.40. The van der Waals surface area contributed by atoms with E-state index < -0.39 is 0 Å². The zero-order valence-electron chi connectivity index (χ0n) is 6.29. The van der Waals surface area contributed by atoms with Gasteiger partial charge in [-0.3, -0.25) is 4.79 Å². The molecule has 1 aliphatic heterocycles. The lowest BCUT2D eigenvalue weighted by molar-refractivity contribution is -0.131. The first kappa shape index (κ1) is 8.07. The summed E-state index contributed by atoms with van der Waals surface area (Å²) in [5, 5.41) is 11.3. The maximum Gasteiger partial charge on any atom is 0.236 e. The number of amides is 1. The van der Waals surface area contributed by atoms with E-state index in [0.29, 0.717) is 13.1 Å². The summed E-state index contributed by atoms with van der Waals surface area (Å²) in [5.41, 5.74) is 0. The minimum atomic E-state index is 0.0920. The van der Waals surface area contributed by atoms with Crippen molar-refractivity contribution in [2.75, 3.05) is 26.2 Å². The van der Waals surface area contributed by atoms with Gasteiger partial charge in [0.05, 0.1) is 12.8 Å². The van der Waals surface area contributed by atoms with Gasteiger partial charge >= 0.3 is 0 Å². The fourth-order valence-corrected chi connectivity index (χ4v) is 1.01. The smallest absolute Gasteiger partial charge is 0.236 e. The van der Waals surface area contributed by atoms with E-state index in [1.807, 2.05) is 0 Å². The number of hydrogen-bond donors (Lipinski definition) is 2. The molecule has 2 N–H and O–H groups in total. The second kappa shape index (κ2) is 3.98. The highest BCUT2D eigenvalue weighted by molar-refractivity contribution is 5.79. The lowest BCUT2D eigenvalue weighted by atomic mass is 10.3. The Kier molecular flexibility index (Phi) is 2.92. The van der Waals surface area contributed by atoms with Crippen LogP contribution in [0.5, 0.6) is 0 Å². The molecule has 0 aromatic carbocycles. The van der Waals surface area contributed by atoms with Gasteiger partial charge in [0, 0.05) is 19.6 Å². The fourth-order valence-electron chi connectivity index (χ4n) is 1.01. The normalized spacial score (nSPS) is 19.6. The highest BCUT2D eigenvalue weighted by atomic mass is 16.2. The van der Waals surface area contributed by atoms with Gasteiger partial charge in [-0.25, -0.2) is 0 Å². The molecule has 0 aromatic heterocycles. The van der Waals surface area contributed by atoms with Crippen LogP contribution in [0.4, 0.5) is 0 Å². The number of nitrogens with one attached hydrogen (secondary N) is 1. The molecule has 1 saturated heterocycles. The lowest BCUT2D eigenvalue weighted by Crippen LogP contribution is -2.47. The molecule has 0 atom stereocenters. The lowest BCUT2D eigenvalue weighted by Gasteiger charge is -2.25. The van der Waals surface area contributed by atoms with Gasteiger partial charge in [-0.1, -0.05) is 0 Å². The van der Waals surface area contributed by atoms with E-state index in [-0.39, 0.29) is 5.91 Å². The summed E-state index contributed by atoms with van der Waals surface area (Å²) in [6.07, 6.45) is 2.53. The maximum absolute atomic E-state index is 11.0. The van der Waals surface area contributed by atoms with E-state index in [0.717, 1.165) is 19.4 Å². The summed E-state index contributed by atoms with van der Waals surface area (Å²) < 4.78 is 0. The Morgan fingerprint density at radius 2 is 2.55 bits per heavy atom. The van der Waals surface area contributed by atoms with Crippen LogP contribution in [0, 0.1) is 0 Å². The minimum absolute atomic E-state index is 0.0920. The third-order valence-electron chi connectivity index (χ3n) is 1.62. The second-order valence-corrected chi connectivity index (χ2v) is 2.40. The Balaban J connectivity index is 2.35. The highest BCUT2D eigenvalue weighted by Gasteiger charge is 2.15. The average Bonchev–Trinajstić information content (AvgIpc) is 2.03. The number of carbonyl (C=O) groups excluding carboxylic acids is 1. The van der Waals surface area contributed by atoms with Crippen molar-refractivity contribution in [2.24, 2.45) is 0 Å². The number of nitrogens with zero attached hydrogens (tertiary/aromatic N) is 1. The monoisotopic (exact) mass is 156 g/mol. The van der Waals surface area contributed by atoms with Crippen molar-refractivity contribution in [3.8, 4) is 0 Å². The van der Waals surface area contributed by atoms with Gasteiger partial charge in [0.1, 0.15) is 0 Å². The Morgan fingerprint density at radius 1 is 1.73 bits per heavy atom. The molecule has 1 rings (SSSR count). The number of aliphatic hydroxyl groups excluding tert-OH is 1. The molecular formula is C7H12N2O2. The average molecular weight is 156 g/mol. The zero-order chi connectivity index (χ0) is 8.10. The van der Waals surface area contributed by atoms with Crippen molar-refractivity contribution in [3.63, 3.8) is 0 Å². The van der Waals surface area contributed by atoms with Crippen LogP contribution < -0.4 is 5.32 Å². The summed E-state index contributed by atoms with van der Waals surface area (Å²) in [4.78, 5) is 12.7. The quantitative estimate of drug-likeness (QED) is 0.529. The SMILES string of the molecule is O=C1CNCCN1CC=CO. The summed E-state index contributed by atoms with van der Waals surface area (Å²) in [6.45, 7) is 2.49. The van der Waals surface area contributed by atoms with Crippen LogP contribution in [-0.4, -0.2) is 42.1 Å². The van der Waals surface area contributed by atoms with E-state index in [1.54, 1.807) is 11.0 Å². The molecule has 0 saturated carbocycles. The predicted octanol–water partition coefficient (Wildman–Crippen LogP) is -0.510. The fraction of sp³-hybridized carbons (Fsp3) is 0.571. The van der Waals surface area contributed by atoms with Crippen LogP contribution in [0.15, 0.2) is 12.3 Å². The molecule has 11 heavy (non-hydrogen) atoms. The summed E-state index contributed by atoms with van der Waals surface area (Å²) in [6, 6.07) is 0. The third kappa shape index (κ3) is 2.23. The number of rotatable bonds is 2. The van der Waals surface area contributed by atoms with Gasteiger partial charge in [0.2, 0.25) is 5.91 Å². The predicted molar refractivity (Wildman–Crippen MR) is 41.2 cm³/mol. The van der Waals surface area contributed by atoms with Gasteiger partial charge in [0.15, 0.2) is 0 Å². The molecule has 1 heterocycles. The number of piperazine rings is 1. The van der Waals surface area contributed by atoms with Gasteiger partial charge in [-0.15, -0.1) is 0 Å². The zero-order valence-corrected chi connectivity index (χ0v) is 6.29.